The molecule has 6 heteroatoms. The summed E-state index contributed by atoms with van der Waals surface area (Å²) in [7, 11) is 0. The van der Waals surface area contributed by atoms with Gasteiger partial charge in [0.2, 0.25) is 11.8 Å². The van der Waals surface area contributed by atoms with Crippen molar-refractivity contribution in [3.8, 4) is 0 Å². The molecule has 6 nitrogen and oxygen atoms in total. The molecule has 0 aliphatic heterocycles. The molecule has 0 aliphatic carbocycles. The second-order valence-electron chi connectivity index (χ2n) is 4.26. The largest absolute Gasteiger partial charge is 0.481 e. The highest BCUT2D eigenvalue weighted by Crippen LogP contribution is 2.08. The summed E-state index contributed by atoms with van der Waals surface area (Å²) >= 11 is 0. The van der Waals surface area contributed by atoms with Crippen LogP contribution in [0.1, 0.15) is 38.3 Å². The van der Waals surface area contributed by atoms with Crippen LogP contribution in [0.4, 0.5) is 0 Å². The molecule has 1 heterocycles. The molecule has 1 aromatic rings. The van der Waals surface area contributed by atoms with E-state index in [1.807, 2.05) is 6.92 Å². The van der Waals surface area contributed by atoms with Crippen LogP contribution in [0.3, 0.4) is 0 Å². The number of rotatable bonds is 7. The molecule has 0 aromatic carbocycles. The van der Waals surface area contributed by atoms with E-state index in [0.717, 1.165) is 12.2 Å². The minimum absolute atomic E-state index is 0.00753. The maximum Gasteiger partial charge on any atom is 0.303 e. The van der Waals surface area contributed by atoms with Gasteiger partial charge in [-0.25, -0.2) is 4.98 Å². The Morgan fingerprint density at radius 3 is 2.78 bits per heavy atom. The van der Waals surface area contributed by atoms with Crippen molar-refractivity contribution in [1.82, 2.24) is 10.3 Å². The predicted molar refractivity (Wildman–Crippen MR) is 63.8 cm³/mol. The number of hydrogen-bond donors (Lipinski definition) is 2. The zero-order valence-corrected chi connectivity index (χ0v) is 10.6. The summed E-state index contributed by atoms with van der Waals surface area (Å²) in [6, 6.07) is 0. The van der Waals surface area contributed by atoms with Crippen molar-refractivity contribution >= 4 is 11.9 Å². The fraction of sp³-hybridized carbons (Fsp3) is 0.583. The topological polar surface area (TPSA) is 92.4 Å². The van der Waals surface area contributed by atoms with E-state index in [9.17, 15) is 9.59 Å². The number of carboxylic acids is 1. The van der Waals surface area contributed by atoms with Crippen molar-refractivity contribution in [1.29, 1.82) is 0 Å². The first-order valence-electron chi connectivity index (χ1n) is 5.93. The molecular weight excluding hydrogens is 236 g/mol. The second kappa shape index (κ2) is 6.78. The molecule has 0 fully saturated rings. The van der Waals surface area contributed by atoms with Crippen LogP contribution in [0.15, 0.2) is 10.6 Å². The highest BCUT2D eigenvalue weighted by atomic mass is 16.4. The Kier molecular flexibility index (Phi) is 5.35. The number of oxazole rings is 1. The molecule has 0 saturated heterocycles. The van der Waals surface area contributed by atoms with Crippen LogP contribution in [0.25, 0.3) is 0 Å². The average molecular weight is 254 g/mol. The summed E-state index contributed by atoms with van der Waals surface area (Å²) in [5.74, 6) is -0.0292. The van der Waals surface area contributed by atoms with Crippen LogP contribution in [0.2, 0.25) is 0 Å². The molecule has 0 radical (unpaired) electrons. The second-order valence-corrected chi connectivity index (χ2v) is 4.26. The molecule has 0 spiro atoms. The molecule has 1 unspecified atom stereocenters. The van der Waals surface area contributed by atoms with E-state index in [2.05, 4.69) is 10.3 Å². The Labute approximate surface area is 105 Å². The van der Waals surface area contributed by atoms with Gasteiger partial charge < -0.3 is 14.8 Å². The van der Waals surface area contributed by atoms with Crippen LogP contribution in [0, 0.1) is 5.92 Å². The maximum absolute atomic E-state index is 11.5. The first-order chi connectivity index (χ1) is 8.51. The van der Waals surface area contributed by atoms with Crippen LogP contribution in [-0.2, 0) is 22.6 Å². The number of aromatic nitrogens is 1. The van der Waals surface area contributed by atoms with E-state index >= 15 is 0 Å². The van der Waals surface area contributed by atoms with E-state index in [4.69, 9.17) is 9.52 Å². The van der Waals surface area contributed by atoms with Gasteiger partial charge in [0.1, 0.15) is 5.76 Å². The number of amides is 1. The first-order valence-corrected chi connectivity index (χ1v) is 5.93. The van der Waals surface area contributed by atoms with Crippen molar-refractivity contribution in [3.63, 3.8) is 0 Å². The quantitative estimate of drug-likeness (QED) is 0.766. The number of carbonyl (C=O) groups excluding carboxylic acids is 1. The zero-order chi connectivity index (χ0) is 13.5. The highest BCUT2D eigenvalue weighted by molar-refractivity contribution is 5.77. The monoisotopic (exact) mass is 254 g/mol. The maximum atomic E-state index is 11.5. The minimum atomic E-state index is -0.893. The third kappa shape index (κ3) is 4.99. The van der Waals surface area contributed by atoms with E-state index in [1.165, 1.54) is 0 Å². The Morgan fingerprint density at radius 2 is 2.22 bits per heavy atom. The van der Waals surface area contributed by atoms with Crippen LogP contribution in [0.5, 0.6) is 0 Å². The van der Waals surface area contributed by atoms with E-state index < -0.39 is 5.97 Å². The third-order valence-corrected chi connectivity index (χ3v) is 2.44. The van der Waals surface area contributed by atoms with Gasteiger partial charge in [0.15, 0.2) is 0 Å². The summed E-state index contributed by atoms with van der Waals surface area (Å²) in [5, 5.41) is 11.2. The molecule has 0 bridgehead atoms. The Balaban J connectivity index is 2.30. The van der Waals surface area contributed by atoms with Crippen molar-refractivity contribution in [2.75, 3.05) is 0 Å². The normalized spacial score (nSPS) is 12.1. The molecule has 0 aliphatic rings. The third-order valence-electron chi connectivity index (χ3n) is 2.44. The van der Waals surface area contributed by atoms with Crippen molar-refractivity contribution in [2.24, 2.45) is 5.92 Å². The van der Waals surface area contributed by atoms with E-state index in [1.54, 1.807) is 13.1 Å². The highest BCUT2D eigenvalue weighted by Gasteiger charge is 2.13. The lowest BCUT2D eigenvalue weighted by Crippen LogP contribution is -2.25. The summed E-state index contributed by atoms with van der Waals surface area (Å²) in [4.78, 5) is 26.0. The fourth-order valence-electron chi connectivity index (χ4n) is 1.53. The van der Waals surface area contributed by atoms with Gasteiger partial charge in [-0.15, -0.1) is 0 Å². The van der Waals surface area contributed by atoms with Gasteiger partial charge in [-0.1, -0.05) is 13.8 Å². The first kappa shape index (κ1) is 14.2. The van der Waals surface area contributed by atoms with Gasteiger partial charge in [0.25, 0.3) is 0 Å². The fourth-order valence-corrected chi connectivity index (χ4v) is 1.53. The minimum Gasteiger partial charge on any atom is -0.481 e. The molecule has 18 heavy (non-hydrogen) atoms. The van der Waals surface area contributed by atoms with Gasteiger partial charge in [-0.3, -0.25) is 9.59 Å². The molecule has 1 rings (SSSR count). The molecule has 0 saturated carbocycles. The van der Waals surface area contributed by atoms with Gasteiger partial charge >= 0.3 is 5.97 Å². The molecule has 100 valence electrons. The zero-order valence-electron chi connectivity index (χ0n) is 10.6. The average Bonchev–Trinajstić information content (AvgIpc) is 2.72. The summed E-state index contributed by atoms with van der Waals surface area (Å²) in [6.07, 6.45) is 2.57. The Bertz CT molecular complexity index is 414. The van der Waals surface area contributed by atoms with Crippen LogP contribution in [-0.4, -0.2) is 22.0 Å². The lowest BCUT2D eigenvalue weighted by atomic mass is 10.0. The summed E-state index contributed by atoms with van der Waals surface area (Å²) < 4.78 is 5.33. The summed E-state index contributed by atoms with van der Waals surface area (Å²) in [6.45, 7) is 3.92. The van der Waals surface area contributed by atoms with Crippen LogP contribution >= 0.6 is 0 Å². The van der Waals surface area contributed by atoms with Crippen molar-refractivity contribution in [3.05, 3.63) is 17.8 Å². The number of aryl methyl sites for hydroxylation is 1. The lowest BCUT2D eigenvalue weighted by molar-refractivity contribution is -0.138. The predicted octanol–water partition coefficient (Wildman–Crippen LogP) is 1.35. The van der Waals surface area contributed by atoms with Crippen LogP contribution < -0.4 is 5.32 Å². The molecule has 2 N–H and O–H groups in total. The number of carbonyl (C=O) groups is 2. The molecular formula is C12H18N2O4. The van der Waals surface area contributed by atoms with Gasteiger partial charge in [-0.2, -0.15) is 0 Å². The Hall–Kier alpha value is -1.85. The van der Waals surface area contributed by atoms with Crippen molar-refractivity contribution < 1.29 is 19.1 Å². The molecule has 1 aromatic heterocycles. The number of hydrogen-bond acceptors (Lipinski definition) is 4. The smallest absolute Gasteiger partial charge is 0.303 e. The lowest BCUT2D eigenvalue weighted by Gasteiger charge is -2.07. The van der Waals surface area contributed by atoms with Gasteiger partial charge in [-0.05, 0) is 5.92 Å². The standard InChI is InChI=1S/C12H18N2O4/c1-3-9-6-14-11(18-9)7-13-10(15)4-8(2)5-12(16)17/h6,8H,3-5,7H2,1-2H3,(H,13,15)(H,16,17). The molecule has 1 atom stereocenters. The number of carboxylic acid groups (broad SMARTS) is 1. The van der Waals surface area contributed by atoms with E-state index in [-0.39, 0.29) is 31.2 Å². The number of aliphatic carboxylic acids is 1. The SMILES string of the molecule is CCc1cnc(CNC(=O)CC(C)CC(=O)O)o1. The summed E-state index contributed by atoms with van der Waals surface area (Å²) in [5.41, 5.74) is 0. The number of nitrogens with zero attached hydrogens (tertiary/aromatic N) is 1. The van der Waals surface area contributed by atoms with E-state index in [0.29, 0.717) is 5.89 Å². The molecule has 1 amide bonds. The van der Waals surface area contributed by atoms with Gasteiger partial charge in [0.05, 0.1) is 12.7 Å². The Morgan fingerprint density at radius 1 is 1.50 bits per heavy atom. The van der Waals surface area contributed by atoms with Crippen molar-refractivity contribution in [2.45, 2.75) is 39.7 Å². The van der Waals surface area contributed by atoms with Gasteiger partial charge in [0, 0.05) is 19.3 Å². The number of nitrogens with one attached hydrogen (secondary N) is 1.